The van der Waals surface area contributed by atoms with Gasteiger partial charge in [-0.2, -0.15) is 0 Å². The number of hydrogen-bond acceptors (Lipinski definition) is 3. The Balaban J connectivity index is 1.56. The van der Waals surface area contributed by atoms with E-state index in [0.29, 0.717) is 12.3 Å². The molecule has 0 atom stereocenters. The number of nitrogens with one attached hydrogen (secondary N) is 1. The van der Waals surface area contributed by atoms with E-state index in [1.165, 1.54) is 25.9 Å². The molecule has 110 valence electrons. The van der Waals surface area contributed by atoms with Gasteiger partial charge in [0.1, 0.15) is 5.75 Å². The Morgan fingerprint density at radius 2 is 2.00 bits per heavy atom. The van der Waals surface area contributed by atoms with Crippen LogP contribution in [-0.2, 0) is 0 Å². The molecule has 0 aromatic heterocycles. The van der Waals surface area contributed by atoms with Crippen LogP contribution < -0.4 is 10.1 Å². The van der Waals surface area contributed by atoms with Crippen LogP contribution in [0.1, 0.15) is 26.2 Å². The fraction of sp³-hybridized carbons (Fsp3) is 0.562. The number of para-hydroxylation sites is 1. The number of carbonyl (C=O) groups excluding carboxylic acids is 1. The maximum atomic E-state index is 11.6. The average Bonchev–Trinajstić information content (AvgIpc) is 2.46. The molecule has 0 aliphatic carbocycles. The van der Waals surface area contributed by atoms with Crippen molar-refractivity contribution in [1.82, 2.24) is 10.2 Å². The molecule has 1 fully saturated rings. The summed E-state index contributed by atoms with van der Waals surface area (Å²) < 4.78 is 5.16. The van der Waals surface area contributed by atoms with Crippen LogP contribution in [0, 0.1) is 5.92 Å². The van der Waals surface area contributed by atoms with Gasteiger partial charge in [-0.05, 0) is 56.9 Å². The van der Waals surface area contributed by atoms with Gasteiger partial charge in [-0.3, -0.25) is 0 Å². The molecule has 1 heterocycles. The minimum atomic E-state index is -0.372. The number of amides is 1. The number of benzene rings is 1. The minimum Gasteiger partial charge on any atom is -0.410 e. The summed E-state index contributed by atoms with van der Waals surface area (Å²) >= 11 is 0. The van der Waals surface area contributed by atoms with Crippen molar-refractivity contribution in [2.75, 3.05) is 26.2 Å². The molecule has 1 aliphatic rings. The molecule has 0 radical (unpaired) electrons. The Morgan fingerprint density at radius 1 is 1.30 bits per heavy atom. The first-order valence-corrected chi connectivity index (χ1v) is 7.47. The third-order valence-corrected chi connectivity index (χ3v) is 3.75. The van der Waals surface area contributed by atoms with E-state index in [-0.39, 0.29) is 6.09 Å². The highest BCUT2D eigenvalue weighted by Crippen LogP contribution is 2.15. The molecule has 1 aromatic carbocycles. The first-order valence-electron chi connectivity index (χ1n) is 7.47. The number of rotatable bonds is 5. The maximum Gasteiger partial charge on any atom is 0.412 e. The molecule has 4 heteroatoms. The summed E-state index contributed by atoms with van der Waals surface area (Å²) in [6.45, 7) is 6.42. The summed E-state index contributed by atoms with van der Waals surface area (Å²) in [5.74, 6) is 1.44. The number of likely N-dealkylation sites (tertiary alicyclic amines) is 1. The number of nitrogens with zero attached hydrogens (tertiary/aromatic N) is 1. The zero-order chi connectivity index (χ0) is 14.2. The van der Waals surface area contributed by atoms with E-state index in [1.807, 2.05) is 18.2 Å². The van der Waals surface area contributed by atoms with Gasteiger partial charge >= 0.3 is 6.09 Å². The summed E-state index contributed by atoms with van der Waals surface area (Å²) in [6.07, 6.45) is 3.19. The third-order valence-electron chi connectivity index (χ3n) is 3.75. The van der Waals surface area contributed by atoms with Gasteiger partial charge in [0.15, 0.2) is 0 Å². The highest BCUT2D eigenvalue weighted by atomic mass is 16.5. The zero-order valence-corrected chi connectivity index (χ0v) is 12.2. The van der Waals surface area contributed by atoms with Crippen molar-refractivity contribution in [3.05, 3.63) is 30.3 Å². The van der Waals surface area contributed by atoms with Crippen molar-refractivity contribution in [2.24, 2.45) is 5.92 Å². The number of piperidine rings is 1. The Labute approximate surface area is 121 Å². The van der Waals surface area contributed by atoms with Crippen molar-refractivity contribution in [2.45, 2.75) is 26.2 Å². The van der Waals surface area contributed by atoms with E-state index >= 15 is 0 Å². The topological polar surface area (TPSA) is 41.6 Å². The van der Waals surface area contributed by atoms with Crippen molar-refractivity contribution in [3.63, 3.8) is 0 Å². The van der Waals surface area contributed by atoms with Crippen molar-refractivity contribution < 1.29 is 9.53 Å². The molecule has 1 amide bonds. The van der Waals surface area contributed by atoms with Crippen molar-refractivity contribution in [3.8, 4) is 5.75 Å². The summed E-state index contributed by atoms with van der Waals surface area (Å²) in [5, 5.41) is 2.79. The van der Waals surface area contributed by atoms with E-state index in [2.05, 4.69) is 17.1 Å². The highest BCUT2D eigenvalue weighted by Gasteiger charge is 2.14. The van der Waals surface area contributed by atoms with Crippen LogP contribution in [0.2, 0.25) is 0 Å². The summed E-state index contributed by atoms with van der Waals surface area (Å²) in [5.41, 5.74) is 0. The lowest BCUT2D eigenvalue weighted by Gasteiger charge is -2.30. The number of hydrogen-bond donors (Lipinski definition) is 1. The lowest BCUT2D eigenvalue weighted by Crippen LogP contribution is -2.35. The maximum absolute atomic E-state index is 11.6. The van der Waals surface area contributed by atoms with E-state index < -0.39 is 0 Å². The van der Waals surface area contributed by atoms with E-state index in [9.17, 15) is 4.79 Å². The Morgan fingerprint density at radius 3 is 2.70 bits per heavy atom. The van der Waals surface area contributed by atoms with Gasteiger partial charge in [-0.1, -0.05) is 25.1 Å². The van der Waals surface area contributed by atoms with Gasteiger partial charge in [-0.15, -0.1) is 0 Å². The van der Waals surface area contributed by atoms with Crippen LogP contribution in [-0.4, -0.2) is 37.2 Å². The monoisotopic (exact) mass is 276 g/mol. The molecule has 4 nitrogen and oxygen atoms in total. The molecule has 0 saturated carbocycles. The first-order chi connectivity index (χ1) is 9.74. The van der Waals surface area contributed by atoms with Crippen molar-refractivity contribution in [1.29, 1.82) is 0 Å². The minimum absolute atomic E-state index is 0.372. The second-order valence-corrected chi connectivity index (χ2v) is 5.51. The zero-order valence-electron chi connectivity index (χ0n) is 12.2. The van der Waals surface area contributed by atoms with E-state index in [4.69, 9.17) is 4.74 Å². The van der Waals surface area contributed by atoms with Gasteiger partial charge in [0.25, 0.3) is 0 Å². The molecule has 1 aliphatic heterocycles. The van der Waals surface area contributed by atoms with E-state index in [0.717, 1.165) is 18.9 Å². The van der Waals surface area contributed by atoms with Crippen LogP contribution in [0.15, 0.2) is 30.3 Å². The second kappa shape index (κ2) is 7.90. The predicted molar refractivity (Wildman–Crippen MR) is 79.9 cm³/mol. The molecule has 1 N–H and O–H groups in total. The highest BCUT2D eigenvalue weighted by molar-refractivity contribution is 5.70. The van der Waals surface area contributed by atoms with E-state index in [1.54, 1.807) is 12.1 Å². The molecule has 0 spiro atoms. The molecule has 2 rings (SSSR count). The van der Waals surface area contributed by atoms with Crippen LogP contribution in [0.5, 0.6) is 5.75 Å². The number of carbonyl (C=O) groups is 1. The normalized spacial score (nSPS) is 16.9. The molecule has 0 bridgehead atoms. The van der Waals surface area contributed by atoms with Crippen LogP contribution in [0.4, 0.5) is 4.79 Å². The molecular formula is C16H24N2O2. The fourth-order valence-electron chi connectivity index (χ4n) is 2.41. The SMILES string of the molecule is CC1CCN(CCCNC(=O)Oc2ccccc2)CC1. The van der Waals surface area contributed by atoms with Crippen molar-refractivity contribution >= 4 is 6.09 Å². The predicted octanol–water partition coefficient (Wildman–Crippen LogP) is 2.90. The Bertz CT molecular complexity index is 400. The van der Waals surface area contributed by atoms with Gasteiger partial charge < -0.3 is 15.0 Å². The molecule has 20 heavy (non-hydrogen) atoms. The van der Waals surface area contributed by atoms with Gasteiger partial charge in [0.2, 0.25) is 0 Å². The number of ether oxygens (including phenoxy) is 1. The third kappa shape index (κ3) is 5.21. The van der Waals surface area contributed by atoms with Crippen LogP contribution >= 0.6 is 0 Å². The lowest BCUT2D eigenvalue weighted by atomic mass is 9.99. The van der Waals surface area contributed by atoms with Gasteiger partial charge in [0.05, 0.1) is 0 Å². The lowest BCUT2D eigenvalue weighted by molar-refractivity contribution is 0.185. The average molecular weight is 276 g/mol. The summed E-state index contributed by atoms with van der Waals surface area (Å²) in [7, 11) is 0. The molecular weight excluding hydrogens is 252 g/mol. The van der Waals surface area contributed by atoms with Crippen LogP contribution in [0.3, 0.4) is 0 Å². The largest absolute Gasteiger partial charge is 0.412 e. The Kier molecular flexibility index (Phi) is 5.87. The smallest absolute Gasteiger partial charge is 0.410 e. The van der Waals surface area contributed by atoms with Gasteiger partial charge in [-0.25, -0.2) is 4.79 Å². The summed E-state index contributed by atoms with van der Waals surface area (Å²) in [4.78, 5) is 14.0. The molecule has 1 saturated heterocycles. The quantitative estimate of drug-likeness (QED) is 0.841. The first kappa shape index (κ1) is 14.9. The van der Waals surface area contributed by atoms with Gasteiger partial charge in [0, 0.05) is 6.54 Å². The molecule has 1 aromatic rings. The summed E-state index contributed by atoms with van der Waals surface area (Å²) in [6, 6.07) is 9.13. The second-order valence-electron chi connectivity index (χ2n) is 5.51. The molecule has 0 unspecified atom stereocenters. The fourth-order valence-corrected chi connectivity index (χ4v) is 2.41. The standard InChI is InChI=1S/C16H24N2O2/c1-14-8-12-18(13-9-14)11-5-10-17-16(19)20-15-6-3-2-4-7-15/h2-4,6-7,14H,5,8-13H2,1H3,(H,17,19). The Hall–Kier alpha value is -1.55. The van der Waals surface area contributed by atoms with Crippen LogP contribution in [0.25, 0.3) is 0 Å².